The second kappa shape index (κ2) is 10.8. The van der Waals surface area contributed by atoms with Gasteiger partial charge in [-0.3, -0.25) is 14.4 Å². The third-order valence-corrected chi connectivity index (χ3v) is 4.70. The molecule has 1 aromatic rings. The predicted molar refractivity (Wildman–Crippen MR) is 109 cm³/mol. The summed E-state index contributed by atoms with van der Waals surface area (Å²) in [5.74, 6) is -0.590. The minimum atomic E-state index is -0.787. The van der Waals surface area contributed by atoms with Crippen LogP contribution < -0.4 is 10.6 Å². The average Bonchev–Trinajstić information content (AvgIpc) is 2.63. The zero-order chi connectivity index (χ0) is 20.5. The molecule has 1 fully saturated rings. The Morgan fingerprint density at radius 1 is 1.32 bits per heavy atom. The summed E-state index contributed by atoms with van der Waals surface area (Å²) in [5, 5.41) is 5.54. The van der Waals surface area contributed by atoms with Crippen LogP contribution >= 0.6 is 12.2 Å². The number of hydrogen-bond acceptors (Lipinski definition) is 5. The van der Waals surface area contributed by atoms with Crippen LogP contribution in [0.4, 0.5) is 0 Å². The van der Waals surface area contributed by atoms with Gasteiger partial charge in [0, 0.05) is 13.1 Å². The zero-order valence-corrected chi connectivity index (χ0v) is 17.1. The number of nitrogens with one attached hydrogen (secondary N) is 2. The van der Waals surface area contributed by atoms with Gasteiger partial charge in [-0.25, -0.2) is 0 Å². The topological polar surface area (TPSA) is 87.7 Å². The SMILES string of the molecule is CC(C)CCOC(=O)CC1C(=O)NCCN1C(=S)NC(=O)Cc1ccccc1. The lowest BCUT2D eigenvalue weighted by atomic mass is 10.1. The van der Waals surface area contributed by atoms with E-state index < -0.39 is 12.0 Å². The van der Waals surface area contributed by atoms with Crippen molar-refractivity contribution in [2.24, 2.45) is 5.92 Å². The smallest absolute Gasteiger partial charge is 0.308 e. The van der Waals surface area contributed by atoms with Gasteiger partial charge in [-0.15, -0.1) is 0 Å². The van der Waals surface area contributed by atoms with Gasteiger partial charge >= 0.3 is 5.97 Å². The Labute approximate surface area is 170 Å². The summed E-state index contributed by atoms with van der Waals surface area (Å²) in [4.78, 5) is 38.2. The Kier molecular flexibility index (Phi) is 8.38. The maximum Gasteiger partial charge on any atom is 0.308 e. The van der Waals surface area contributed by atoms with E-state index in [-0.39, 0.29) is 29.8 Å². The van der Waals surface area contributed by atoms with Crippen molar-refractivity contribution in [1.82, 2.24) is 15.5 Å². The first-order valence-corrected chi connectivity index (χ1v) is 9.85. The first kappa shape index (κ1) is 21.8. The fourth-order valence-corrected chi connectivity index (χ4v) is 3.13. The third kappa shape index (κ3) is 6.92. The molecule has 1 saturated heterocycles. The van der Waals surface area contributed by atoms with Crippen LogP contribution in [0.2, 0.25) is 0 Å². The van der Waals surface area contributed by atoms with Crippen LogP contribution in [0, 0.1) is 5.92 Å². The van der Waals surface area contributed by atoms with Crippen molar-refractivity contribution in [3.8, 4) is 0 Å². The quantitative estimate of drug-likeness (QED) is 0.527. The summed E-state index contributed by atoms with van der Waals surface area (Å²) in [7, 11) is 0. The Bertz CT molecular complexity index is 709. The van der Waals surface area contributed by atoms with Gasteiger partial charge in [-0.2, -0.15) is 0 Å². The van der Waals surface area contributed by atoms with Crippen molar-refractivity contribution in [3.05, 3.63) is 35.9 Å². The molecule has 28 heavy (non-hydrogen) atoms. The molecule has 1 unspecified atom stereocenters. The highest BCUT2D eigenvalue weighted by Gasteiger charge is 2.34. The lowest BCUT2D eigenvalue weighted by molar-refractivity contribution is -0.147. The van der Waals surface area contributed by atoms with Gasteiger partial charge in [0.25, 0.3) is 0 Å². The van der Waals surface area contributed by atoms with Gasteiger partial charge < -0.3 is 20.3 Å². The van der Waals surface area contributed by atoms with Crippen LogP contribution in [0.3, 0.4) is 0 Å². The first-order chi connectivity index (χ1) is 13.4. The highest BCUT2D eigenvalue weighted by molar-refractivity contribution is 7.80. The molecule has 1 aliphatic rings. The third-order valence-electron chi connectivity index (χ3n) is 4.36. The number of carbonyl (C=O) groups excluding carboxylic acids is 3. The highest BCUT2D eigenvalue weighted by Crippen LogP contribution is 2.11. The van der Waals surface area contributed by atoms with Crippen LogP contribution in [-0.4, -0.2) is 53.5 Å². The summed E-state index contributed by atoms with van der Waals surface area (Å²) >= 11 is 5.33. The molecule has 0 bridgehead atoms. The minimum Gasteiger partial charge on any atom is -0.466 e. The zero-order valence-electron chi connectivity index (χ0n) is 16.3. The molecule has 8 heteroatoms. The number of thiocarbonyl (C=S) groups is 1. The molecule has 2 N–H and O–H groups in total. The highest BCUT2D eigenvalue weighted by atomic mass is 32.1. The Morgan fingerprint density at radius 2 is 2.04 bits per heavy atom. The van der Waals surface area contributed by atoms with E-state index in [0.717, 1.165) is 12.0 Å². The molecule has 1 heterocycles. The number of carbonyl (C=O) groups is 3. The Balaban J connectivity index is 1.92. The van der Waals surface area contributed by atoms with Gasteiger partial charge in [0.2, 0.25) is 11.8 Å². The van der Waals surface area contributed by atoms with E-state index >= 15 is 0 Å². The van der Waals surface area contributed by atoms with Crippen molar-refractivity contribution in [2.75, 3.05) is 19.7 Å². The standard InChI is InChI=1S/C20H27N3O4S/c1-14(2)8-11-27-18(25)13-16-19(26)21-9-10-23(16)20(28)22-17(24)12-15-6-4-3-5-7-15/h3-7,14,16H,8-13H2,1-2H3,(H,21,26)(H,22,24,28). The van der Waals surface area contributed by atoms with E-state index in [4.69, 9.17) is 17.0 Å². The van der Waals surface area contributed by atoms with Crippen molar-refractivity contribution in [1.29, 1.82) is 0 Å². The largest absolute Gasteiger partial charge is 0.466 e. The number of benzene rings is 1. The number of ether oxygens (including phenoxy) is 1. The van der Waals surface area contributed by atoms with Gasteiger partial charge in [0.05, 0.1) is 19.4 Å². The second-order valence-electron chi connectivity index (χ2n) is 7.12. The maximum atomic E-state index is 12.3. The number of esters is 1. The summed E-state index contributed by atoms with van der Waals surface area (Å²) in [6, 6.07) is 8.52. The molecule has 152 valence electrons. The van der Waals surface area contributed by atoms with Crippen molar-refractivity contribution in [3.63, 3.8) is 0 Å². The minimum absolute atomic E-state index is 0.112. The van der Waals surface area contributed by atoms with Crippen molar-refractivity contribution < 1.29 is 19.1 Å². The molecular formula is C20H27N3O4S. The number of rotatable bonds is 7. The monoisotopic (exact) mass is 405 g/mol. The van der Waals surface area contributed by atoms with Crippen LogP contribution in [0.15, 0.2) is 30.3 Å². The molecule has 1 atom stereocenters. The number of hydrogen-bond donors (Lipinski definition) is 2. The molecular weight excluding hydrogens is 378 g/mol. The maximum absolute atomic E-state index is 12.3. The first-order valence-electron chi connectivity index (χ1n) is 9.44. The van der Waals surface area contributed by atoms with Gasteiger partial charge in [-0.1, -0.05) is 44.2 Å². The summed E-state index contributed by atoms with van der Waals surface area (Å²) < 4.78 is 5.22. The van der Waals surface area contributed by atoms with E-state index in [1.165, 1.54) is 0 Å². The van der Waals surface area contributed by atoms with E-state index in [1.54, 1.807) is 4.90 Å². The fourth-order valence-electron chi connectivity index (χ4n) is 2.80. The molecule has 0 aromatic heterocycles. The van der Waals surface area contributed by atoms with E-state index in [1.807, 2.05) is 44.2 Å². The normalized spacial score (nSPS) is 16.5. The molecule has 1 aromatic carbocycles. The van der Waals surface area contributed by atoms with E-state index in [2.05, 4.69) is 10.6 Å². The van der Waals surface area contributed by atoms with Crippen LogP contribution in [0.5, 0.6) is 0 Å². The van der Waals surface area contributed by atoms with E-state index in [0.29, 0.717) is 25.6 Å². The number of nitrogens with zero attached hydrogens (tertiary/aromatic N) is 1. The second-order valence-corrected chi connectivity index (χ2v) is 7.51. The van der Waals surface area contributed by atoms with Gasteiger partial charge in [0.1, 0.15) is 6.04 Å². The van der Waals surface area contributed by atoms with Crippen LogP contribution in [-0.2, 0) is 25.5 Å². The average molecular weight is 406 g/mol. The van der Waals surface area contributed by atoms with E-state index in [9.17, 15) is 14.4 Å². The predicted octanol–water partition coefficient (Wildman–Crippen LogP) is 1.41. The van der Waals surface area contributed by atoms with Crippen molar-refractivity contribution >= 4 is 35.1 Å². The lowest BCUT2D eigenvalue weighted by Crippen LogP contribution is -2.60. The molecule has 0 saturated carbocycles. The molecule has 2 rings (SSSR count). The summed E-state index contributed by atoms with van der Waals surface area (Å²) in [6.45, 7) is 5.22. The number of amides is 2. The van der Waals surface area contributed by atoms with Gasteiger partial charge in [-0.05, 0) is 30.1 Å². The molecule has 7 nitrogen and oxygen atoms in total. The summed E-state index contributed by atoms with van der Waals surface area (Å²) in [5.41, 5.74) is 0.865. The Morgan fingerprint density at radius 3 is 2.71 bits per heavy atom. The molecule has 2 amide bonds. The summed E-state index contributed by atoms with van der Waals surface area (Å²) in [6.07, 6.45) is 0.835. The van der Waals surface area contributed by atoms with Gasteiger partial charge in [0.15, 0.2) is 5.11 Å². The lowest BCUT2D eigenvalue weighted by Gasteiger charge is -2.36. The molecule has 0 radical (unpaired) electrons. The molecule has 1 aliphatic heterocycles. The fraction of sp³-hybridized carbons (Fsp3) is 0.500. The molecule has 0 aliphatic carbocycles. The number of piperazine rings is 1. The Hall–Kier alpha value is -2.48. The van der Waals surface area contributed by atoms with Crippen LogP contribution in [0.1, 0.15) is 32.3 Å². The molecule has 0 spiro atoms. The van der Waals surface area contributed by atoms with Crippen LogP contribution in [0.25, 0.3) is 0 Å². The van der Waals surface area contributed by atoms with Crippen molar-refractivity contribution in [2.45, 2.75) is 39.2 Å².